The molecule has 0 fully saturated rings. The van der Waals surface area contributed by atoms with Crippen molar-refractivity contribution in [3.05, 3.63) is 17.6 Å². The minimum Gasteiger partial charge on any atom is -0.395 e. The highest BCUT2D eigenvalue weighted by atomic mass is 16.5. The van der Waals surface area contributed by atoms with Crippen molar-refractivity contribution in [2.45, 2.75) is 13.5 Å². The molecule has 17 heavy (non-hydrogen) atoms. The molecule has 0 aliphatic carbocycles. The van der Waals surface area contributed by atoms with Gasteiger partial charge in [0.2, 0.25) is 0 Å². The maximum Gasteiger partial charge on any atom is 0.144 e. The van der Waals surface area contributed by atoms with Crippen LogP contribution in [-0.2, 0) is 11.3 Å². The number of methoxy groups -OCH3 is 1. The second kappa shape index (κ2) is 7.16. The zero-order valence-electron chi connectivity index (χ0n) is 10.4. The van der Waals surface area contributed by atoms with Crippen LogP contribution in [0, 0.1) is 6.92 Å². The van der Waals surface area contributed by atoms with E-state index in [4.69, 9.17) is 15.6 Å². The molecule has 0 aliphatic rings. The molecule has 0 bridgehead atoms. The third-order valence-corrected chi connectivity index (χ3v) is 2.31. The number of hydrogen-bond donors (Lipinski definition) is 2. The van der Waals surface area contributed by atoms with E-state index in [1.165, 1.54) is 0 Å². The lowest BCUT2D eigenvalue weighted by atomic mass is 10.4. The molecule has 0 radical (unpaired) electrons. The van der Waals surface area contributed by atoms with Gasteiger partial charge in [0.1, 0.15) is 11.6 Å². The summed E-state index contributed by atoms with van der Waals surface area (Å²) in [7, 11) is 1.65. The molecule has 1 aromatic heterocycles. The van der Waals surface area contributed by atoms with Crippen molar-refractivity contribution in [3.8, 4) is 0 Å². The van der Waals surface area contributed by atoms with Crippen molar-refractivity contribution in [2.24, 2.45) is 0 Å². The van der Waals surface area contributed by atoms with Crippen LogP contribution in [0.2, 0.25) is 0 Å². The van der Waals surface area contributed by atoms with E-state index >= 15 is 0 Å². The van der Waals surface area contributed by atoms with Gasteiger partial charge in [-0.15, -0.1) is 0 Å². The van der Waals surface area contributed by atoms with Crippen molar-refractivity contribution in [2.75, 3.05) is 39.1 Å². The van der Waals surface area contributed by atoms with Crippen LogP contribution >= 0.6 is 0 Å². The van der Waals surface area contributed by atoms with E-state index in [0.29, 0.717) is 31.3 Å². The average Bonchev–Trinajstić information content (AvgIpc) is 2.24. The fourth-order valence-electron chi connectivity index (χ4n) is 1.56. The van der Waals surface area contributed by atoms with Crippen LogP contribution in [0.5, 0.6) is 0 Å². The van der Waals surface area contributed by atoms with Crippen molar-refractivity contribution in [1.29, 1.82) is 0 Å². The molecule has 0 unspecified atom stereocenters. The van der Waals surface area contributed by atoms with E-state index in [9.17, 15) is 0 Å². The molecular weight excluding hydrogens is 220 g/mol. The molecule has 1 heterocycles. The highest BCUT2D eigenvalue weighted by Gasteiger charge is 2.08. The van der Waals surface area contributed by atoms with Crippen LogP contribution in [0.1, 0.15) is 11.5 Å². The van der Waals surface area contributed by atoms with Gasteiger partial charge in [-0.2, -0.15) is 0 Å². The Labute approximate surface area is 101 Å². The van der Waals surface area contributed by atoms with Crippen LogP contribution in [0.3, 0.4) is 0 Å². The molecule has 1 rings (SSSR count). The van der Waals surface area contributed by atoms with Crippen LogP contribution in [0.15, 0.2) is 6.07 Å². The number of nitrogen functional groups attached to an aromatic ring is 1. The summed E-state index contributed by atoms with van der Waals surface area (Å²) in [5.41, 5.74) is 6.52. The first-order valence-corrected chi connectivity index (χ1v) is 5.58. The molecule has 0 amide bonds. The molecule has 0 aromatic carbocycles. The number of nitrogens with zero attached hydrogens (tertiary/aromatic N) is 3. The Morgan fingerprint density at radius 3 is 2.76 bits per heavy atom. The van der Waals surface area contributed by atoms with Crippen molar-refractivity contribution >= 4 is 5.82 Å². The number of rotatable bonds is 7. The smallest absolute Gasteiger partial charge is 0.144 e. The minimum absolute atomic E-state index is 0.102. The standard InChI is InChI=1S/C11H20N4O2/c1-9-7-10(12)14-11(13-9)8-15(3-5-16)4-6-17-2/h7,16H,3-6,8H2,1-2H3,(H2,12,13,14). The molecule has 0 aliphatic heterocycles. The summed E-state index contributed by atoms with van der Waals surface area (Å²) < 4.78 is 5.01. The number of anilines is 1. The van der Waals surface area contributed by atoms with Gasteiger partial charge < -0.3 is 15.6 Å². The summed E-state index contributed by atoms with van der Waals surface area (Å²) >= 11 is 0. The SMILES string of the molecule is COCCN(CCO)Cc1nc(C)cc(N)n1. The van der Waals surface area contributed by atoms with E-state index in [1.807, 2.05) is 11.8 Å². The first kappa shape index (κ1) is 13.8. The number of hydrogen-bond acceptors (Lipinski definition) is 6. The summed E-state index contributed by atoms with van der Waals surface area (Å²) in [5, 5.41) is 8.98. The Kier molecular flexibility index (Phi) is 5.82. The highest BCUT2D eigenvalue weighted by molar-refractivity contribution is 5.29. The normalized spacial score (nSPS) is 11.1. The Morgan fingerprint density at radius 2 is 2.18 bits per heavy atom. The number of nitrogens with two attached hydrogens (primary N) is 1. The van der Waals surface area contributed by atoms with Crippen LogP contribution in [0.4, 0.5) is 5.82 Å². The van der Waals surface area contributed by atoms with Gasteiger partial charge in [-0.1, -0.05) is 0 Å². The molecule has 0 spiro atoms. The second-order valence-corrected chi connectivity index (χ2v) is 3.84. The third kappa shape index (κ3) is 5.08. The minimum atomic E-state index is 0.102. The van der Waals surface area contributed by atoms with E-state index in [0.717, 1.165) is 12.2 Å². The fraction of sp³-hybridized carbons (Fsp3) is 0.636. The van der Waals surface area contributed by atoms with Crippen LogP contribution in [-0.4, -0.2) is 53.4 Å². The molecule has 6 nitrogen and oxygen atoms in total. The Balaban J connectivity index is 2.63. The summed E-state index contributed by atoms with van der Waals surface area (Å²) in [4.78, 5) is 10.5. The molecule has 96 valence electrons. The topological polar surface area (TPSA) is 84.5 Å². The number of aryl methyl sites for hydroxylation is 1. The quantitative estimate of drug-likeness (QED) is 0.687. The molecule has 1 aromatic rings. The third-order valence-electron chi connectivity index (χ3n) is 2.31. The predicted molar refractivity (Wildman–Crippen MR) is 65.4 cm³/mol. The maximum atomic E-state index is 8.98. The first-order chi connectivity index (χ1) is 8.15. The highest BCUT2D eigenvalue weighted by Crippen LogP contribution is 2.04. The molecule has 0 saturated heterocycles. The van der Waals surface area contributed by atoms with Crippen molar-refractivity contribution in [1.82, 2.24) is 14.9 Å². The van der Waals surface area contributed by atoms with Gasteiger partial charge in [-0.3, -0.25) is 4.90 Å². The maximum absolute atomic E-state index is 8.98. The zero-order valence-corrected chi connectivity index (χ0v) is 10.4. The van der Waals surface area contributed by atoms with Gasteiger partial charge in [-0.25, -0.2) is 9.97 Å². The number of aliphatic hydroxyl groups is 1. The lowest BCUT2D eigenvalue weighted by Gasteiger charge is -2.20. The van der Waals surface area contributed by atoms with E-state index in [2.05, 4.69) is 9.97 Å². The van der Waals surface area contributed by atoms with Crippen molar-refractivity contribution in [3.63, 3.8) is 0 Å². The van der Waals surface area contributed by atoms with Gasteiger partial charge in [0.15, 0.2) is 0 Å². The lowest BCUT2D eigenvalue weighted by molar-refractivity contribution is 0.125. The van der Waals surface area contributed by atoms with Crippen LogP contribution < -0.4 is 5.73 Å². The van der Waals surface area contributed by atoms with Crippen molar-refractivity contribution < 1.29 is 9.84 Å². The van der Waals surface area contributed by atoms with Gasteiger partial charge >= 0.3 is 0 Å². The summed E-state index contributed by atoms with van der Waals surface area (Å²) in [6, 6.07) is 1.73. The van der Waals surface area contributed by atoms with Gasteiger partial charge in [-0.05, 0) is 6.92 Å². The Hall–Kier alpha value is -1.24. The summed E-state index contributed by atoms with van der Waals surface area (Å²) in [6.07, 6.45) is 0. The summed E-state index contributed by atoms with van der Waals surface area (Å²) in [6.45, 7) is 4.46. The molecule has 6 heteroatoms. The number of aromatic nitrogens is 2. The van der Waals surface area contributed by atoms with Gasteiger partial charge in [0.05, 0.1) is 19.8 Å². The van der Waals surface area contributed by atoms with E-state index in [1.54, 1.807) is 13.2 Å². The lowest BCUT2D eigenvalue weighted by Crippen LogP contribution is -2.30. The largest absolute Gasteiger partial charge is 0.395 e. The van der Waals surface area contributed by atoms with Gasteiger partial charge in [0, 0.05) is 32.0 Å². The Morgan fingerprint density at radius 1 is 1.41 bits per heavy atom. The predicted octanol–water partition coefficient (Wildman–Crippen LogP) is -0.192. The van der Waals surface area contributed by atoms with E-state index < -0.39 is 0 Å². The second-order valence-electron chi connectivity index (χ2n) is 3.84. The molecular formula is C11H20N4O2. The molecule has 0 saturated carbocycles. The molecule has 3 N–H and O–H groups in total. The van der Waals surface area contributed by atoms with Crippen LogP contribution in [0.25, 0.3) is 0 Å². The first-order valence-electron chi connectivity index (χ1n) is 5.58. The number of ether oxygens (including phenoxy) is 1. The number of aliphatic hydroxyl groups excluding tert-OH is 1. The monoisotopic (exact) mass is 240 g/mol. The van der Waals surface area contributed by atoms with E-state index in [-0.39, 0.29) is 6.61 Å². The average molecular weight is 240 g/mol. The van der Waals surface area contributed by atoms with Gasteiger partial charge in [0.25, 0.3) is 0 Å². The Bertz CT molecular complexity index is 326. The summed E-state index contributed by atoms with van der Waals surface area (Å²) in [5.74, 6) is 1.15. The molecule has 0 atom stereocenters. The fourth-order valence-corrected chi connectivity index (χ4v) is 1.56. The zero-order chi connectivity index (χ0) is 12.7.